The Kier molecular flexibility index (Phi) is 3.17. The molecule has 0 saturated carbocycles. The molecule has 0 fully saturated rings. The Morgan fingerprint density at radius 1 is 1.19 bits per heavy atom. The van der Waals surface area contributed by atoms with E-state index in [1.807, 2.05) is 18.2 Å². The first-order valence-electron chi connectivity index (χ1n) is 5.11. The second-order valence-electron chi connectivity index (χ2n) is 3.56. The number of aliphatic hydroxyl groups is 1. The first kappa shape index (κ1) is 10.6. The molecule has 2 rings (SSSR count). The Morgan fingerprint density at radius 2 is 2.00 bits per heavy atom. The first-order chi connectivity index (χ1) is 7.77. The highest BCUT2D eigenvalue weighted by Gasteiger charge is 2.08. The number of aliphatic hydroxyl groups excluding tert-OH is 1. The van der Waals surface area contributed by atoms with Gasteiger partial charge < -0.3 is 10.2 Å². The third kappa shape index (κ3) is 2.38. The van der Waals surface area contributed by atoms with Crippen molar-refractivity contribution in [3.63, 3.8) is 0 Å². The standard InChI is InChI=1S/C13H13NO2/c15-12-7-3-1-5-10(12)9-14-11-6-2-4-8-13(11)16/h1-8,13,15-16H,9H2. The van der Waals surface area contributed by atoms with E-state index in [1.165, 1.54) is 0 Å². The molecule has 0 bridgehead atoms. The SMILES string of the molecule is Oc1ccccc1CN=C1C=CC=CC1O. The van der Waals surface area contributed by atoms with Crippen molar-refractivity contribution >= 4 is 5.71 Å². The predicted molar refractivity (Wildman–Crippen MR) is 63.5 cm³/mol. The molecular formula is C13H13NO2. The summed E-state index contributed by atoms with van der Waals surface area (Å²) in [5.41, 5.74) is 1.37. The van der Waals surface area contributed by atoms with Crippen LogP contribution in [0.15, 0.2) is 53.6 Å². The zero-order chi connectivity index (χ0) is 11.4. The second kappa shape index (κ2) is 4.77. The fourth-order valence-electron chi connectivity index (χ4n) is 1.49. The molecule has 16 heavy (non-hydrogen) atoms. The summed E-state index contributed by atoms with van der Waals surface area (Å²) in [6, 6.07) is 7.06. The number of hydrogen-bond donors (Lipinski definition) is 2. The predicted octanol–water partition coefficient (Wildman–Crippen LogP) is 1.82. The average Bonchev–Trinajstić information content (AvgIpc) is 2.30. The van der Waals surface area contributed by atoms with Gasteiger partial charge in [-0.1, -0.05) is 36.4 Å². The van der Waals surface area contributed by atoms with Gasteiger partial charge in [0.1, 0.15) is 11.9 Å². The van der Waals surface area contributed by atoms with Gasteiger partial charge in [-0.3, -0.25) is 4.99 Å². The highest BCUT2D eigenvalue weighted by molar-refractivity contribution is 6.00. The number of aliphatic imine (C=N–C) groups is 1. The minimum atomic E-state index is -0.643. The average molecular weight is 215 g/mol. The maximum Gasteiger partial charge on any atom is 0.120 e. The summed E-state index contributed by atoms with van der Waals surface area (Å²) in [5, 5.41) is 19.1. The van der Waals surface area contributed by atoms with E-state index < -0.39 is 6.10 Å². The fourth-order valence-corrected chi connectivity index (χ4v) is 1.49. The highest BCUT2D eigenvalue weighted by Crippen LogP contribution is 2.16. The molecule has 0 saturated heterocycles. The van der Waals surface area contributed by atoms with Gasteiger partial charge >= 0.3 is 0 Å². The van der Waals surface area contributed by atoms with Crippen LogP contribution >= 0.6 is 0 Å². The molecule has 0 aromatic heterocycles. The van der Waals surface area contributed by atoms with E-state index >= 15 is 0 Å². The number of benzene rings is 1. The summed E-state index contributed by atoms with van der Waals surface area (Å²) in [6.45, 7) is 0.372. The largest absolute Gasteiger partial charge is 0.508 e. The van der Waals surface area contributed by atoms with Crippen molar-refractivity contribution in [1.82, 2.24) is 0 Å². The molecule has 0 amide bonds. The van der Waals surface area contributed by atoms with Gasteiger partial charge in [0.2, 0.25) is 0 Å². The molecule has 1 aromatic rings. The summed E-state index contributed by atoms with van der Waals surface area (Å²) < 4.78 is 0. The zero-order valence-electron chi connectivity index (χ0n) is 8.74. The number of hydrogen-bond acceptors (Lipinski definition) is 3. The molecule has 2 N–H and O–H groups in total. The molecule has 0 radical (unpaired) electrons. The van der Waals surface area contributed by atoms with Crippen LogP contribution in [-0.4, -0.2) is 22.0 Å². The van der Waals surface area contributed by atoms with Crippen molar-refractivity contribution < 1.29 is 10.2 Å². The smallest absolute Gasteiger partial charge is 0.120 e. The molecule has 82 valence electrons. The Bertz CT molecular complexity index is 461. The lowest BCUT2D eigenvalue weighted by Crippen LogP contribution is -2.17. The number of phenols is 1. The van der Waals surface area contributed by atoms with Gasteiger partial charge in [-0.05, 0) is 12.1 Å². The Balaban J connectivity index is 2.12. The lowest BCUT2D eigenvalue weighted by Gasteiger charge is -2.09. The zero-order valence-corrected chi connectivity index (χ0v) is 8.74. The van der Waals surface area contributed by atoms with Crippen LogP contribution < -0.4 is 0 Å². The van der Waals surface area contributed by atoms with Gasteiger partial charge in [0.15, 0.2) is 0 Å². The molecule has 0 spiro atoms. The van der Waals surface area contributed by atoms with Crippen LogP contribution in [0.2, 0.25) is 0 Å². The van der Waals surface area contributed by atoms with Crippen LogP contribution in [0.5, 0.6) is 5.75 Å². The molecule has 1 aromatic carbocycles. The molecule has 1 atom stereocenters. The quantitative estimate of drug-likeness (QED) is 0.790. The maximum absolute atomic E-state index is 9.58. The molecule has 3 heteroatoms. The normalized spacial score (nSPS) is 21.6. The van der Waals surface area contributed by atoms with Gasteiger partial charge in [-0.2, -0.15) is 0 Å². The molecule has 1 aliphatic rings. The number of para-hydroxylation sites is 1. The summed E-state index contributed by atoms with van der Waals surface area (Å²) in [7, 11) is 0. The van der Waals surface area contributed by atoms with Crippen LogP contribution in [0.3, 0.4) is 0 Å². The van der Waals surface area contributed by atoms with Crippen LogP contribution in [0.4, 0.5) is 0 Å². The van der Waals surface area contributed by atoms with Crippen LogP contribution in [0.25, 0.3) is 0 Å². The lowest BCUT2D eigenvalue weighted by molar-refractivity contribution is 0.289. The topological polar surface area (TPSA) is 52.8 Å². The van der Waals surface area contributed by atoms with E-state index in [4.69, 9.17) is 0 Å². The summed E-state index contributed by atoms with van der Waals surface area (Å²) in [5.74, 6) is 0.233. The van der Waals surface area contributed by atoms with Crippen molar-refractivity contribution in [3.05, 3.63) is 54.1 Å². The summed E-state index contributed by atoms with van der Waals surface area (Å²) >= 11 is 0. The Morgan fingerprint density at radius 3 is 2.75 bits per heavy atom. The van der Waals surface area contributed by atoms with Crippen LogP contribution in [0.1, 0.15) is 5.56 Å². The van der Waals surface area contributed by atoms with E-state index in [0.717, 1.165) is 5.56 Å². The number of phenolic OH excluding ortho intramolecular Hbond substituents is 1. The summed E-state index contributed by atoms with van der Waals surface area (Å²) in [4.78, 5) is 4.26. The minimum absolute atomic E-state index is 0.233. The number of nitrogens with zero attached hydrogens (tertiary/aromatic N) is 1. The summed E-state index contributed by atoms with van der Waals surface area (Å²) in [6.07, 6.45) is 6.41. The maximum atomic E-state index is 9.58. The second-order valence-corrected chi connectivity index (χ2v) is 3.56. The van der Waals surface area contributed by atoms with Gasteiger partial charge in [-0.15, -0.1) is 0 Å². The van der Waals surface area contributed by atoms with Crippen LogP contribution in [0, 0.1) is 0 Å². The number of rotatable bonds is 2. The van der Waals surface area contributed by atoms with Crippen molar-refractivity contribution in [1.29, 1.82) is 0 Å². The molecular weight excluding hydrogens is 202 g/mol. The third-order valence-corrected chi connectivity index (χ3v) is 2.40. The Hall–Kier alpha value is -1.87. The van der Waals surface area contributed by atoms with Crippen molar-refractivity contribution in [2.24, 2.45) is 4.99 Å². The first-order valence-corrected chi connectivity index (χ1v) is 5.11. The molecule has 0 aliphatic heterocycles. The number of allylic oxidation sites excluding steroid dienone is 2. The van der Waals surface area contributed by atoms with Gasteiger partial charge in [0.05, 0.1) is 12.3 Å². The van der Waals surface area contributed by atoms with Gasteiger partial charge in [0.25, 0.3) is 0 Å². The molecule has 1 unspecified atom stereocenters. The van der Waals surface area contributed by atoms with E-state index in [9.17, 15) is 10.2 Å². The Labute approximate surface area is 94.1 Å². The fraction of sp³-hybridized carbons (Fsp3) is 0.154. The van der Waals surface area contributed by atoms with Crippen LogP contribution in [-0.2, 0) is 6.54 Å². The van der Waals surface area contributed by atoms with E-state index in [-0.39, 0.29) is 5.75 Å². The highest BCUT2D eigenvalue weighted by atomic mass is 16.3. The van der Waals surface area contributed by atoms with Crippen molar-refractivity contribution in [3.8, 4) is 5.75 Å². The van der Waals surface area contributed by atoms with E-state index in [0.29, 0.717) is 12.3 Å². The lowest BCUT2D eigenvalue weighted by atomic mass is 10.1. The van der Waals surface area contributed by atoms with E-state index in [2.05, 4.69) is 4.99 Å². The van der Waals surface area contributed by atoms with Gasteiger partial charge in [0, 0.05) is 5.56 Å². The molecule has 0 heterocycles. The van der Waals surface area contributed by atoms with Crippen molar-refractivity contribution in [2.45, 2.75) is 12.6 Å². The molecule has 3 nitrogen and oxygen atoms in total. The minimum Gasteiger partial charge on any atom is -0.508 e. The van der Waals surface area contributed by atoms with Gasteiger partial charge in [-0.25, -0.2) is 0 Å². The number of aromatic hydroxyl groups is 1. The third-order valence-electron chi connectivity index (χ3n) is 2.40. The van der Waals surface area contributed by atoms with E-state index in [1.54, 1.807) is 30.4 Å². The monoisotopic (exact) mass is 215 g/mol. The van der Waals surface area contributed by atoms with Crippen molar-refractivity contribution in [2.75, 3.05) is 0 Å². The molecule has 1 aliphatic carbocycles.